The first kappa shape index (κ1) is 11.9. The van der Waals surface area contributed by atoms with Crippen LogP contribution < -0.4 is 5.73 Å². The molecule has 16 heavy (non-hydrogen) atoms. The normalized spacial score (nSPS) is 27.9. The van der Waals surface area contributed by atoms with Crippen LogP contribution in [0.3, 0.4) is 0 Å². The van der Waals surface area contributed by atoms with E-state index in [0.29, 0.717) is 12.6 Å². The van der Waals surface area contributed by atoms with Crippen LogP contribution >= 0.6 is 0 Å². The van der Waals surface area contributed by atoms with E-state index < -0.39 is 6.04 Å². The molecule has 4 heteroatoms. The highest BCUT2D eigenvalue weighted by atomic mass is 16.5. The number of carbonyl (C=O) groups excluding carboxylic acids is 1. The van der Waals surface area contributed by atoms with Crippen molar-refractivity contribution in [2.45, 2.75) is 44.2 Å². The zero-order valence-corrected chi connectivity index (χ0v) is 10.0. The Hall–Kier alpha value is -0.610. The summed E-state index contributed by atoms with van der Waals surface area (Å²) in [7, 11) is 1.58. The molecule has 1 saturated heterocycles. The molecule has 2 fully saturated rings. The van der Waals surface area contributed by atoms with Gasteiger partial charge in [-0.05, 0) is 31.6 Å². The Morgan fingerprint density at radius 3 is 2.75 bits per heavy atom. The monoisotopic (exact) mass is 226 g/mol. The molecular weight excluding hydrogens is 204 g/mol. The molecule has 1 aliphatic carbocycles. The highest BCUT2D eigenvalue weighted by Gasteiger charge is 2.38. The molecule has 2 N–H and O–H groups in total. The fraction of sp³-hybridized carbons (Fsp3) is 0.917. The fourth-order valence-electron chi connectivity index (χ4n) is 2.84. The van der Waals surface area contributed by atoms with E-state index in [-0.39, 0.29) is 5.91 Å². The summed E-state index contributed by atoms with van der Waals surface area (Å²) in [6, 6.07) is -0.0187. The topological polar surface area (TPSA) is 55.6 Å². The van der Waals surface area contributed by atoms with E-state index in [1.54, 1.807) is 7.11 Å². The van der Waals surface area contributed by atoms with Crippen molar-refractivity contribution in [3.63, 3.8) is 0 Å². The Bertz CT molecular complexity index is 253. The maximum atomic E-state index is 12.1. The molecule has 0 aromatic carbocycles. The predicted molar refractivity (Wildman–Crippen MR) is 61.9 cm³/mol. The molecule has 2 aliphatic rings. The molecule has 2 atom stereocenters. The standard InChI is InChI=1S/C12H22N2O2/c1-16-8-10(13)12(15)14-7-3-6-11(14)9-4-2-5-9/h9-11H,2-8,13H2,1H3. The van der Waals surface area contributed by atoms with Gasteiger partial charge >= 0.3 is 0 Å². The van der Waals surface area contributed by atoms with Gasteiger partial charge in [-0.2, -0.15) is 0 Å². The van der Waals surface area contributed by atoms with Gasteiger partial charge in [0.25, 0.3) is 0 Å². The predicted octanol–water partition coefficient (Wildman–Crippen LogP) is 0.751. The van der Waals surface area contributed by atoms with Crippen molar-refractivity contribution in [1.82, 2.24) is 4.90 Å². The van der Waals surface area contributed by atoms with Crippen molar-refractivity contribution < 1.29 is 9.53 Å². The minimum absolute atomic E-state index is 0.0799. The average Bonchev–Trinajstić information content (AvgIpc) is 2.63. The van der Waals surface area contributed by atoms with Gasteiger partial charge in [0.1, 0.15) is 6.04 Å². The summed E-state index contributed by atoms with van der Waals surface area (Å²) in [5.74, 6) is 0.817. The second kappa shape index (κ2) is 5.15. The zero-order valence-electron chi connectivity index (χ0n) is 10.0. The number of methoxy groups -OCH3 is 1. The SMILES string of the molecule is COCC(N)C(=O)N1CCCC1C1CCC1. The molecule has 0 radical (unpaired) electrons. The minimum Gasteiger partial charge on any atom is -0.383 e. The van der Waals surface area contributed by atoms with E-state index in [1.165, 1.54) is 19.3 Å². The lowest BCUT2D eigenvalue weighted by Gasteiger charge is -2.37. The van der Waals surface area contributed by atoms with E-state index in [9.17, 15) is 4.79 Å². The van der Waals surface area contributed by atoms with E-state index in [4.69, 9.17) is 10.5 Å². The largest absolute Gasteiger partial charge is 0.383 e. The lowest BCUT2D eigenvalue weighted by atomic mass is 9.78. The molecule has 1 aliphatic heterocycles. The number of nitrogens with two attached hydrogens (primary N) is 1. The second-order valence-electron chi connectivity index (χ2n) is 4.99. The van der Waals surface area contributed by atoms with Gasteiger partial charge in [0.2, 0.25) is 5.91 Å². The van der Waals surface area contributed by atoms with E-state index in [1.807, 2.05) is 4.90 Å². The average molecular weight is 226 g/mol. The Morgan fingerprint density at radius 2 is 2.19 bits per heavy atom. The smallest absolute Gasteiger partial charge is 0.242 e. The molecular formula is C12H22N2O2. The van der Waals surface area contributed by atoms with Gasteiger partial charge in [0, 0.05) is 19.7 Å². The molecule has 0 spiro atoms. The number of nitrogens with zero attached hydrogens (tertiary/aromatic N) is 1. The molecule has 1 saturated carbocycles. The van der Waals surface area contributed by atoms with Crippen LogP contribution in [-0.2, 0) is 9.53 Å². The Labute approximate surface area is 97.1 Å². The van der Waals surface area contributed by atoms with Crippen molar-refractivity contribution in [3.05, 3.63) is 0 Å². The van der Waals surface area contributed by atoms with Crippen LogP contribution in [0.5, 0.6) is 0 Å². The summed E-state index contributed by atoms with van der Waals surface area (Å²) in [5.41, 5.74) is 5.81. The lowest BCUT2D eigenvalue weighted by Crippen LogP contribution is -2.50. The van der Waals surface area contributed by atoms with Crippen molar-refractivity contribution in [3.8, 4) is 0 Å². The third-order valence-corrected chi connectivity index (χ3v) is 3.94. The van der Waals surface area contributed by atoms with Crippen LogP contribution in [-0.4, -0.2) is 43.2 Å². The quantitative estimate of drug-likeness (QED) is 0.769. The number of rotatable bonds is 4. The summed E-state index contributed by atoms with van der Waals surface area (Å²) in [6.07, 6.45) is 6.19. The van der Waals surface area contributed by atoms with Gasteiger partial charge in [0.15, 0.2) is 0 Å². The van der Waals surface area contributed by atoms with Crippen LogP contribution in [0.25, 0.3) is 0 Å². The molecule has 2 unspecified atom stereocenters. The number of carbonyl (C=O) groups is 1. The molecule has 2 rings (SSSR count). The van der Waals surface area contributed by atoms with E-state index in [2.05, 4.69) is 0 Å². The molecule has 1 heterocycles. The number of hydrogen-bond donors (Lipinski definition) is 1. The maximum Gasteiger partial charge on any atom is 0.242 e. The van der Waals surface area contributed by atoms with Crippen molar-refractivity contribution in [1.29, 1.82) is 0 Å². The van der Waals surface area contributed by atoms with Gasteiger partial charge in [-0.3, -0.25) is 4.79 Å². The van der Waals surface area contributed by atoms with Crippen LogP contribution in [0.15, 0.2) is 0 Å². The van der Waals surface area contributed by atoms with Crippen molar-refractivity contribution >= 4 is 5.91 Å². The van der Waals surface area contributed by atoms with Gasteiger partial charge in [-0.1, -0.05) is 6.42 Å². The molecule has 1 amide bonds. The number of likely N-dealkylation sites (tertiary alicyclic amines) is 1. The van der Waals surface area contributed by atoms with Gasteiger partial charge in [0.05, 0.1) is 6.61 Å². The minimum atomic E-state index is -0.481. The molecule has 4 nitrogen and oxygen atoms in total. The van der Waals surface area contributed by atoms with Crippen LogP contribution in [0.2, 0.25) is 0 Å². The number of ether oxygens (including phenoxy) is 1. The Morgan fingerprint density at radius 1 is 1.44 bits per heavy atom. The highest BCUT2D eigenvalue weighted by Crippen LogP contribution is 2.37. The molecule has 0 aromatic heterocycles. The summed E-state index contributed by atoms with van der Waals surface area (Å²) in [5, 5.41) is 0. The summed E-state index contributed by atoms with van der Waals surface area (Å²) < 4.78 is 4.95. The van der Waals surface area contributed by atoms with E-state index in [0.717, 1.165) is 25.3 Å². The third kappa shape index (κ3) is 2.23. The third-order valence-electron chi connectivity index (χ3n) is 3.94. The maximum absolute atomic E-state index is 12.1. The Balaban J connectivity index is 1.93. The first-order valence-electron chi connectivity index (χ1n) is 6.29. The van der Waals surface area contributed by atoms with Gasteiger partial charge in [-0.15, -0.1) is 0 Å². The first-order valence-corrected chi connectivity index (χ1v) is 6.29. The second-order valence-corrected chi connectivity index (χ2v) is 4.99. The lowest BCUT2D eigenvalue weighted by molar-refractivity contribution is -0.136. The highest BCUT2D eigenvalue weighted by molar-refractivity contribution is 5.82. The Kier molecular flexibility index (Phi) is 3.82. The summed E-state index contributed by atoms with van der Waals surface area (Å²) >= 11 is 0. The zero-order chi connectivity index (χ0) is 11.5. The molecule has 0 bridgehead atoms. The fourth-order valence-corrected chi connectivity index (χ4v) is 2.84. The first-order chi connectivity index (χ1) is 7.74. The van der Waals surface area contributed by atoms with Gasteiger partial charge in [-0.25, -0.2) is 0 Å². The van der Waals surface area contributed by atoms with Crippen LogP contribution in [0, 0.1) is 5.92 Å². The van der Waals surface area contributed by atoms with Crippen LogP contribution in [0.1, 0.15) is 32.1 Å². The van der Waals surface area contributed by atoms with Crippen molar-refractivity contribution in [2.75, 3.05) is 20.3 Å². The van der Waals surface area contributed by atoms with Crippen LogP contribution in [0.4, 0.5) is 0 Å². The molecule has 0 aromatic rings. The van der Waals surface area contributed by atoms with Gasteiger partial charge < -0.3 is 15.4 Å². The van der Waals surface area contributed by atoms with Crippen molar-refractivity contribution in [2.24, 2.45) is 11.7 Å². The summed E-state index contributed by atoms with van der Waals surface area (Å²) in [6.45, 7) is 1.21. The summed E-state index contributed by atoms with van der Waals surface area (Å²) in [4.78, 5) is 14.1. The molecule has 92 valence electrons. The number of amides is 1. The van der Waals surface area contributed by atoms with E-state index >= 15 is 0 Å². The number of hydrogen-bond acceptors (Lipinski definition) is 3.